The van der Waals surface area contributed by atoms with E-state index in [1.807, 2.05) is 42.5 Å². The largest absolute Gasteiger partial charge is 0.453 e. The van der Waals surface area contributed by atoms with Crippen LogP contribution < -0.4 is 16.0 Å². The summed E-state index contributed by atoms with van der Waals surface area (Å²) in [5.74, 6) is 0.927. The molecule has 0 saturated heterocycles. The molecule has 0 atom stereocenters. The van der Waals surface area contributed by atoms with E-state index in [0.717, 1.165) is 11.4 Å². The molecule has 0 aliphatic heterocycles. The number of anilines is 2. The quantitative estimate of drug-likeness (QED) is 0.645. The fourth-order valence-electron chi connectivity index (χ4n) is 2.31. The summed E-state index contributed by atoms with van der Waals surface area (Å²) < 4.78 is 4.50. The molecule has 0 bridgehead atoms. The summed E-state index contributed by atoms with van der Waals surface area (Å²) in [6.07, 6.45) is -0.439. The highest BCUT2D eigenvalue weighted by molar-refractivity contribution is 5.89. The van der Waals surface area contributed by atoms with Crippen LogP contribution in [0, 0.1) is 0 Å². The Hall–Kier alpha value is -3.02. The highest BCUT2D eigenvalue weighted by atomic mass is 16.5. The molecule has 0 radical (unpaired) electrons. The number of carbonyl (C=O) groups is 2. The molecule has 152 valence electrons. The Morgan fingerprint density at radius 3 is 1.68 bits per heavy atom. The number of ether oxygens (including phenoxy) is 1. The van der Waals surface area contributed by atoms with Gasteiger partial charge in [0, 0.05) is 18.4 Å². The maximum absolute atomic E-state index is 11.0. The Morgan fingerprint density at radius 1 is 0.821 bits per heavy atom. The van der Waals surface area contributed by atoms with Gasteiger partial charge in [0.25, 0.3) is 0 Å². The molecule has 3 N–H and O–H groups in total. The number of rotatable bonds is 4. The second-order valence-electron chi connectivity index (χ2n) is 6.88. The second kappa shape index (κ2) is 11.6. The van der Waals surface area contributed by atoms with E-state index in [0.29, 0.717) is 11.8 Å². The summed E-state index contributed by atoms with van der Waals surface area (Å²) in [6.45, 7) is 8.46. The van der Waals surface area contributed by atoms with Gasteiger partial charge in [-0.3, -0.25) is 5.32 Å². The summed E-state index contributed by atoms with van der Waals surface area (Å²) in [5.41, 5.74) is 4.01. The van der Waals surface area contributed by atoms with Crippen molar-refractivity contribution >= 4 is 23.5 Å². The first-order valence-corrected chi connectivity index (χ1v) is 9.30. The number of amides is 3. The number of benzene rings is 2. The van der Waals surface area contributed by atoms with Crippen molar-refractivity contribution in [2.75, 3.05) is 24.8 Å². The number of carbonyl (C=O) groups excluding carboxylic acids is 2. The smallest absolute Gasteiger partial charge is 0.411 e. The standard InChI is InChI=1S/C11H16N2O.C11H15NO2/c1-8(2)9-5-4-6-10(7-9)13-11(14)12-3;1-8(2)9-5-4-6-10(7-9)12-11(13)14-3/h4-8H,1-3H3,(H2,12,13,14);4-8H,1-3H3,(H,12,13). The van der Waals surface area contributed by atoms with E-state index in [4.69, 9.17) is 0 Å². The van der Waals surface area contributed by atoms with Crippen molar-refractivity contribution in [3.8, 4) is 0 Å². The molecular formula is C22H31N3O3. The molecule has 2 aromatic carbocycles. The lowest BCUT2D eigenvalue weighted by atomic mass is 10.0. The molecule has 0 unspecified atom stereocenters. The van der Waals surface area contributed by atoms with Crippen molar-refractivity contribution in [1.29, 1.82) is 0 Å². The van der Waals surface area contributed by atoms with E-state index in [2.05, 4.69) is 54.4 Å². The van der Waals surface area contributed by atoms with Crippen LogP contribution in [0.2, 0.25) is 0 Å². The second-order valence-corrected chi connectivity index (χ2v) is 6.88. The predicted octanol–water partition coefficient (Wildman–Crippen LogP) is 5.55. The van der Waals surface area contributed by atoms with Gasteiger partial charge in [0.2, 0.25) is 0 Å². The molecule has 2 aromatic rings. The SMILES string of the molecule is CNC(=O)Nc1cccc(C(C)C)c1.COC(=O)Nc1cccc(C(C)C)c1. The first-order valence-electron chi connectivity index (χ1n) is 9.30. The molecule has 3 amide bonds. The van der Waals surface area contributed by atoms with E-state index < -0.39 is 6.09 Å². The van der Waals surface area contributed by atoms with E-state index in [1.165, 1.54) is 18.2 Å². The molecule has 2 rings (SSSR count). The van der Waals surface area contributed by atoms with Gasteiger partial charge in [-0.05, 0) is 47.2 Å². The van der Waals surface area contributed by atoms with Crippen molar-refractivity contribution in [3.63, 3.8) is 0 Å². The number of urea groups is 1. The number of nitrogens with one attached hydrogen (secondary N) is 3. The number of hydrogen-bond acceptors (Lipinski definition) is 3. The van der Waals surface area contributed by atoms with Crippen molar-refractivity contribution in [3.05, 3.63) is 59.7 Å². The van der Waals surface area contributed by atoms with Crippen LogP contribution in [-0.2, 0) is 4.74 Å². The number of hydrogen-bond donors (Lipinski definition) is 3. The highest BCUT2D eigenvalue weighted by Gasteiger charge is 2.03. The third kappa shape index (κ3) is 8.12. The van der Waals surface area contributed by atoms with Gasteiger partial charge in [0.15, 0.2) is 0 Å². The van der Waals surface area contributed by atoms with Crippen molar-refractivity contribution in [1.82, 2.24) is 5.32 Å². The fourth-order valence-corrected chi connectivity index (χ4v) is 2.31. The monoisotopic (exact) mass is 385 g/mol. The predicted molar refractivity (Wildman–Crippen MR) is 115 cm³/mol. The van der Waals surface area contributed by atoms with Crippen LogP contribution in [0.4, 0.5) is 21.0 Å². The lowest BCUT2D eigenvalue weighted by Gasteiger charge is -2.08. The average molecular weight is 386 g/mol. The summed E-state index contributed by atoms with van der Waals surface area (Å²) in [6, 6.07) is 15.4. The maximum Gasteiger partial charge on any atom is 0.411 e. The molecule has 6 heteroatoms. The minimum Gasteiger partial charge on any atom is -0.453 e. The Kier molecular flexibility index (Phi) is 9.57. The van der Waals surface area contributed by atoms with Gasteiger partial charge in [0.1, 0.15) is 0 Å². The van der Waals surface area contributed by atoms with Crippen LogP contribution in [0.1, 0.15) is 50.7 Å². The van der Waals surface area contributed by atoms with Crippen molar-refractivity contribution < 1.29 is 14.3 Å². The van der Waals surface area contributed by atoms with Crippen LogP contribution in [0.3, 0.4) is 0 Å². The summed E-state index contributed by atoms with van der Waals surface area (Å²) in [4.78, 5) is 22.0. The molecule has 0 aliphatic rings. The maximum atomic E-state index is 11.0. The zero-order valence-corrected chi connectivity index (χ0v) is 17.5. The Labute approximate surface area is 167 Å². The molecule has 0 spiro atoms. The van der Waals surface area contributed by atoms with Crippen LogP contribution in [0.5, 0.6) is 0 Å². The molecule has 0 heterocycles. The average Bonchev–Trinajstić information content (AvgIpc) is 2.68. The molecular weight excluding hydrogens is 354 g/mol. The van der Waals surface area contributed by atoms with Gasteiger partial charge in [-0.25, -0.2) is 9.59 Å². The van der Waals surface area contributed by atoms with E-state index >= 15 is 0 Å². The van der Waals surface area contributed by atoms with Gasteiger partial charge in [-0.2, -0.15) is 0 Å². The minimum atomic E-state index is -0.439. The van der Waals surface area contributed by atoms with Crippen LogP contribution in [-0.4, -0.2) is 26.3 Å². The lowest BCUT2D eigenvalue weighted by molar-refractivity contribution is 0.187. The normalized spacial score (nSPS) is 10.0. The topological polar surface area (TPSA) is 79.5 Å². The zero-order valence-electron chi connectivity index (χ0n) is 17.5. The third-order valence-corrected chi connectivity index (χ3v) is 4.02. The van der Waals surface area contributed by atoms with E-state index in [-0.39, 0.29) is 6.03 Å². The van der Waals surface area contributed by atoms with Crippen molar-refractivity contribution in [2.24, 2.45) is 0 Å². The van der Waals surface area contributed by atoms with Crippen LogP contribution in [0.25, 0.3) is 0 Å². The molecule has 0 aliphatic carbocycles. The Morgan fingerprint density at radius 2 is 1.29 bits per heavy atom. The minimum absolute atomic E-state index is 0.189. The van der Waals surface area contributed by atoms with Gasteiger partial charge in [-0.1, -0.05) is 52.0 Å². The molecule has 0 saturated carbocycles. The van der Waals surface area contributed by atoms with E-state index in [1.54, 1.807) is 7.05 Å². The molecule has 0 fully saturated rings. The lowest BCUT2D eigenvalue weighted by Crippen LogP contribution is -2.24. The fraction of sp³-hybridized carbons (Fsp3) is 0.364. The molecule has 6 nitrogen and oxygen atoms in total. The molecule has 28 heavy (non-hydrogen) atoms. The van der Waals surface area contributed by atoms with Gasteiger partial charge >= 0.3 is 12.1 Å². The van der Waals surface area contributed by atoms with Crippen LogP contribution >= 0.6 is 0 Å². The van der Waals surface area contributed by atoms with Crippen LogP contribution in [0.15, 0.2) is 48.5 Å². The summed E-state index contributed by atoms with van der Waals surface area (Å²) in [5, 5.41) is 7.87. The zero-order chi connectivity index (χ0) is 21.1. The Balaban J connectivity index is 0.000000280. The summed E-state index contributed by atoms with van der Waals surface area (Å²) >= 11 is 0. The first kappa shape index (κ1) is 23.0. The number of methoxy groups -OCH3 is 1. The first-order chi connectivity index (χ1) is 13.3. The highest BCUT2D eigenvalue weighted by Crippen LogP contribution is 2.19. The summed E-state index contributed by atoms with van der Waals surface area (Å²) in [7, 11) is 2.95. The third-order valence-electron chi connectivity index (χ3n) is 4.02. The Bertz CT molecular complexity index is 708. The van der Waals surface area contributed by atoms with E-state index in [9.17, 15) is 9.59 Å². The van der Waals surface area contributed by atoms with Gasteiger partial charge in [0.05, 0.1) is 7.11 Å². The molecule has 0 aromatic heterocycles. The van der Waals surface area contributed by atoms with Gasteiger partial charge < -0.3 is 15.4 Å². The van der Waals surface area contributed by atoms with Gasteiger partial charge in [-0.15, -0.1) is 0 Å². The van der Waals surface area contributed by atoms with Crippen molar-refractivity contribution in [2.45, 2.75) is 39.5 Å².